The Balaban J connectivity index is 2.09. The Morgan fingerprint density at radius 3 is 3.00 bits per heavy atom. The number of ether oxygens (including phenoxy) is 1. The van der Waals surface area contributed by atoms with Crippen LogP contribution in [0, 0.1) is 11.3 Å². The molecule has 0 saturated carbocycles. The molecule has 1 heterocycles. The van der Waals surface area contributed by atoms with E-state index in [-0.39, 0.29) is 23.4 Å². The second-order valence-corrected chi connectivity index (χ2v) is 5.44. The number of allylic oxidation sites excluding steroid dienone is 3. The summed E-state index contributed by atoms with van der Waals surface area (Å²) in [6, 6.07) is 0. The molecule has 0 unspecified atom stereocenters. The minimum absolute atomic E-state index is 0.0824. The Bertz CT molecular complexity index is 484. The fourth-order valence-corrected chi connectivity index (χ4v) is 3.07. The summed E-state index contributed by atoms with van der Waals surface area (Å²) in [5.41, 5.74) is 2.08. The first kappa shape index (κ1) is 10.8. The predicted octanol–water partition coefficient (Wildman–Crippen LogP) is 2.09. The molecule has 0 aromatic heterocycles. The zero-order chi connectivity index (χ0) is 12.2. The molecule has 1 N–H and O–H groups in total. The van der Waals surface area contributed by atoms with Crippen molar-refractivity contribution in [1.29, 1.82) is 0 Å². The second kappa shape index (κ2) is 3.33. The number of aliphatic hydroxyl groups excluding tert-OH is 1. The lowest BCUT2D eigenvalue weighted by molar-refractivity contribution is -0.132. The highest BCUT2D eigenvalue weighted by Crippen LogP contribution is 2.52. The fourth-order valence-electron chi connectivity index (χ4n) is 3.07. The van der Waals surface area contributed by atoms with Crippen LogP contribution in [-0.4, -0.2) is 17.2 Å². The topological polar surface area (TPSA) is 46.5 Å². The van der Waals surface area contributed by atoms with Gasteiger partial charge in [0.25, 0.3) is 0 Å². The van der Waals surface area contributed by atoms with Gasteiger partial charge in [0.05, 0.1) is 6.10 Å². The fraction of sp³-hybridized carbons (Fsp3) is 0.500. The van der Waals surface area contributed by atoms with Crippen molar-refractivity contribution in [1.82, 2.24) is 0 Å². The Morgan fingerprint density at radius 1 is 1.47 bits per heavy atom. The van der Waals surface area contributed by atoms with Crippen LogP contribution in [0.5, 0.6) is 0 Å². The number of hydrogen-bond donors (Lipinski definition) is 1. The summed E-state index contributed by atoms with van der Waals surface area (Å²) in [6.07, 6.45) is 6.76. The van der Waals surface area contributed by atoms with Crippen LogP contribution in [0.4, 0.5) is 0 Å². The van der Waals surface area contributed by atoms with Gasteiger partial charge in [0.15, 0.2) is 0 Å². The van der Waals surface area contributed by atoms with Crippen LogP contribution >= 0.6 is 0 Å². The first-order valence-electron chi connectivity index (χ1n) is 6.04. The molecule has 0 aromatic carbocycles. The highest BCUT2D eigenvalue weighted by molar-refractivity contribution is 5.88. The van der Waals surface area contributed by atoms with Crippen molar-refractivity contribution in [2.24, 2.45) is 11.3 Å². The Kier molecular flexibility index (Phi) is 2.11. The smallest absolute Gasteiger partial charge is 0.336 e. The largest absolute Gasteiger partial charge is 0.423 e. The van der Waals surface area contributed by atoms with E-state index >= 15 is 0 Å². The number of carbonyl (C=O) groups is 1. The third-order valence-corrected chi connectivity index (χ3v) is 4.48. The molecule has 3 aliphatic rings. The van der Waals surface area contributed by atoms with Crippen molar-refractivity contribution in [3.05, 3.63) is 35.1 Å². The van der Waals surface area contributed by atoms with Crippen LogP contribution in [0.2, 0.25) is 0 Å². The third kappa shape index (κ3) is 1.42. The average molecular weight is 232 g/mol. The van der Waals surface area contributed by atoms with E-state index in [0.29, 0.717) is 12.2 Å². The second-order valence-electron chi connectivity index (χ2n) is 5.44. The summed E-state index contributed by atoms with van der Waals surface area (Å²) >= 11 is 0. The van der Waals surface area contributed by atoms with Crippen LogP contribution in [0.3, 0.4) is 0 Å². The van der Waals surface area contributed by atoms with E-state index in [4.69, 9.17) is 4.74 Å². The molecular formula is C14H16O3. The van der Waals surface area contributed by atoms with Crippen molar-refractivity contribution in [3.8, 4) is 0 Å². The molecule has 0 saturated heterocycles. The maximum atomic E-state index is 11.3. The predicted molar refractivity (Wildman–Crippen MR) is 62.9 cm³/mol. The van der Waals surface area contributed by atoms with Crippen molar-refractivity contribution in [3.63, 3.8) is 0 Å². The number of hydrogen-bond acceptors (Lipinski definition) is 3. The van der Waals surface area contributed by atoms with Gasteiger partial charge >= 0.3 is 5.97 Å². The molecule has 0 amide bonds. The first-order chi connectivity index (χ1) is 8.00. The zero-order valence-corrected chi connectivity index (χ0v) is 10.1. The monoisotopic (exact) mass is 232 g/mol. The van der Waals surface area contributed by atoms with E-state index in [0.717, 1.165) is 12.0 Å². The minimum atomic E-state index is -0.294. The summed E-state index contributed by atoms with van der Waals surface area (Å²) in [4.78, 5) is 11.3. The molecule has 0 radical (unpaired) electrons. The maximum absolute atomic E-state index is 11.3. The van der Waals surface area contributed by atoms with Crippen molar-refractivity contribution in [2.75, 3.05) is 0 Å². The number of fused-ring (bicyclic) bond motifs is 2. The van der Waals surface area contributed by atoms with E-state index in [9.17, 15) is 9.90 Å². The van der Waals surface area contributed by atoms with Gasteiger partial charge in [-0.25, -0.2) is 4.79 Å². The molecule has 3 rings (SSSR count). The zero-order valence-electron chi connectivity index (χ0n) is 10.1. The molecule has 3 heteroatoms. The highest BCUT2D eigenvalue weighted by Gasteiger charge is 2.45. The van der Waals surface area contributed by atoms with Crippen LogP contribution in [0.25, 0.3) is 0 Å². The highest BCUT2D eigenvalue weighted by atomic mass is 16.5. The molecule has 3 atom stereocenters. The Labute approximate surface area is 100 Å². The van der Waals surface area contributed by atoms with Gasteiger partial charge in [-0.2, -0.15) is 0 Å². The van der Waals surface area contributed by atoms with Gasteiger partial charge in [0, 0.05) is 17.1 Å². The molecular weight excluding hydrogens is 216 g/mol. The number of carbonyl (C=O) groups excluding carboxylic acids is 1. The van der Waals surface area contributed by atoms with Crippen LogP contribution in [0.15, 0.2) is 35.1 Å². The SMILES string of the molecule is C[C@H]1[C@@H](O)CC=C2C=C3OC(=O)C=C3C[C@@]21C. The molecule has 0 spiro atoms. The van der Waals surface area contributed by atoms with Crippen molar-refractivity contribution >= 4 is 5.97 Å². The van der Waals surface area contributed by atoms with Gasteiger partial charge < -0.3 is 9.84 Å². The number of esters is 1. The molecule has 90 valence electrons. The van der Waals surface area contributed by atoms with Crippen LogP contribution in [-0.2, 0) is 9.53 Å². The van der Waals surface area contributed by atoms with Gasteiger partial charge in [0.1, 0.15) is 5.76 Å². The first-order valence-corrected chi connectivity index (χ1v) is 6.04. The summed E-state index contributed by atoms with van der Waals surface area (Å²) in [6.45, 7) is 4.23. The Morgan fingerprint density at radius 2 is 2.24 bits per heavy atom. The van der Waals surface area contributed by atoms with E-state index < -0.39 is 0 Å². The van der Waals surface area contributed by atoms with Crippen molar-refractivity contribution < 1.29 is 14.6 Å². The quantitative estimate of drug-likeness (QED) is 0.650. The normalized spacial score (nSPS) is 39.7. The molecule has 0 bridgehead atoms. The lowest BCUT2D eigenvalue weighted by Crippen LogP contribution is -2.40. The summed E-state index contributed by atoms with van der Waals surface area (Å²) in [5.74, 6) is 0.613. The van der Waals surface area contributed by atoms with E-state index in [1.807, 2.05) is 6.08 Å². The lowest BCUT2D eigenvalue weighted by atomic mass is 9.61. The standard InChI is InChI=1S/C14H16O3/c1-8-11(15)4-3-10-6-12-9(5-13(16)17-12)7-14(8,10)2/h3,5-6,8,11,15H,4,7H2,1-2H3/t8-,11-,14+/m0/s1. The molecule has 3 nitrogen and oxygen atoms in total. The maximum Gasteiger partial charge on any atom is 0.336 e. The van der Waals surface area contributed by atoms with Crippen molar-refractivity contribution in [2.45, 2.75) is 32.8 Å². The summed E-state index contributed by atoms with van der Waals surface area (Å²) in [7, 11) is 0. The Hall–Kier alpha value is -1.35. The van der Waals surface area contributed by atoms with E-state index in [1.54, 1.807) is 6.08 Å². The average Bonchev–Trinajstić information content (AvgIpc) is 2.61. The lowest BCUT2D eigenvalue weighted by Gasteiger charge is -2.45. The van der Waals surface area contributed by atoms with Gasteiger partial charge in [-0.3, -0.25) is 0 Å². The van der Waals surface area contributed by atoms with Crippen LogP contribution < -0.4 is 0 Å². The van der Waals surface area contributed by atoms with E-state index in [2.05, 4.69) is 19.9 Å². The summed E-state index contributed by atoms with van der Waals surface area (Å²) < 4.78 is 5.15. The van der Waals surface area contributed by atoms with Gasteiger partial charge in [-0.15, -0.1) is 0 Å². The van der Waals surface area contributed by atoms with Gasteiger partial charge in [-0.05, 0) is 30.4 Å². The molecule has 2 aliphatic carbocycles. The molecule has 0 fully saturated rings. The van der Waals surface area contributed by atoms with E-state index in [1.165, 1.54) is 5.57 Å². The molecule has 17 heavy (non-hydrogen) atoms. The minimum Gasteiger partial charge on any atom is -0.423 e. The van der Waals surface area contributed by atoms with Gasteiger partial charge in [-0.1, -0.05) is 19.9 Å². The third-order valence-electron chi connectivity index (χ3n) is 4.48. The number of aliphatic hydroxyl groups is 1. The van der Waals surface area contributed by atoms with Gasteiger partial charge in [0.2, 0.25) is 0 Å². The number of rotatable bonds is 0. The molecule has 1 aliphatic heterocycles. The summed E-state index contributed by atoms with van der Waals surface area (Å²) in [5, 5.41) is 9.99. The van der Waals surface area contributed by atoms with Crippen LogP contribution in [0.1, 0.15) is 26.7 Å². The molecule has 0 aromatic rings.